The number of hydrogen-bond donors (Lipinski definition) is 2. The molecule has 0 amide bonds. The van der Waals surface area contributed by atoms with E-state index in [0.29, 0.717) is 17.1 Å². The van der Waals surface area contributed by atoms with Gasteiger partial charge in [-0.2, -0.15) is 0 Å². The summed E-state index contributed by atoms with van der Waals surface area (Å²) < 4.78 is 15.3. The number of carbonyl (C=O) groups excluding carboxylic acids is 1. The lowest BCUT2D eigenvalue weighted by atomic mass is 9.87. The van der Waals surface area contributed by atoms with Crippen molar-refractivity contribution in [2.45, 2.75) is 12.3 Å². The van der Waals surface area contributed by atoms with E-state index in [1.807, 2.05) is 0 Å². The monoisotopic (exact) mass is 316 g/mol. The summed E-state index contributed by atoms with van der Waals surface area (Å²) in [4.78, 5) is 11.8. The van der Waals surface area contributed by atoms with Crippen molar-refractivity contribution in [3.63, 3.8) is 0 Å². The Morgan fingerprint density at radius 3 is 2.48 bits per heavy atom. The Morgan fingerprint density at radius 2 is 1.83 bits per heavy atom. The molecular formula is C17H16O6. The number of rotatable bonds is 4. The molecule has 0 spiro atoms. The molecule has 0 fully saturated rings. The van der Waals surface area contributed by atoms with Gasteiger partial charge in [0.25, 0.3) is 0 Å². The Kier molecular flexibility index (Phi) is 3.97. The summed E-state index contributed by atoms with van der Waals surface area (Å²) in [5.74, 6) is 0.287. The van der Waals surface area contributed by atoms with E-state index in [0.717, 1.165) is 5.56 Å². The number of phenolic OH excluding ortho intramolecular Hbond substituents is 2. The number of ether oxygens (including phenoxy) is 3. The minimum atomic E-state index is -0.433. The third-order valence-corrected chi connectivity index (χ3v) is 3.79. The number of benzene rings is 2. The molecule has 23 heavy (non-hydrogen) atoms. The predicted octanol–water partition coefficient (Wildman–Crippen LogP) is 2.52. The quantitative estimate of drug-likeness (QED) is 0.843. The molecular weight excluding hydrogens is 300 g/mol. The number of carbonyl (C=O) groups is 1. The molecule has 1 heterocycles. The van der Waals surface area contributed by atoms with E-state index in [1.165, 1.54) is 25.3 Å². The zero-order valence-corrected chi connectivity index (χ0v) is 12.5. The lowest BCUT2D eigenvalue weighted by Crippen LogP contribution is -2.10. The molecule has 1 aliphatic rings. The third kappa shape index (κ3) is 3.01. The molecule has 0 saturated carbocycles. The zero-order chi connectivity index (χ0) is 16.4. The highest BCUT2D eigenvalue weighted by Crippen LogP contribution is 2.43. The van der Waals surface area contributed by atoms with Crippen molar-refractivity contribution in [1.82, 2.24) is 0 Å². The molecule has 2 N–H and O–H groups in total. The van der Waals surface area contributed by atoms with Crippen LogP contribution in [0.2, 0.25) is 0 Å². The lowest BCUT2D eigenvalue weighted by Gasteiger charge is -2.18. The molecule has 6 nitrogen and oxygen atoms in total. The van der Waals surface area contributed by atoms with Crippen LogP contribution in [0.5, 0.6) is 23.0 Å². The number of phenols is 2. The van der Waals surface area contributed by atoms with Gasteiger partial charge >= 0.3 is 5.97 Å². The average Bonchev–Trinajstić information content (AvgIpc) is 3.00. The van der Waals surface area contributed by atoms with Gasteiger partial charge in [-0.3, -0.25) is 4.79 Å². The van der Waals surface area contributed by atoms with Gasteiger partial charge in [-0.1, -0.05) is 12.1 Å². The molecule has 0 aliphatic carbocycles. The predicted molar refractivity (Wildman–Crippen MR) is 80.8 cm³/mol. The summed E-state index contributed by atoms with van der Waals surface area (Å²) in [6.07, 6.45) is 0.0501. The van der Waals surface area contributed by atoms with Crippen LogP contribution in [0.15, 0.2) is 36.4 Å². The Morgan fingerprint density at radius 1 is 1.17 bits per heavy atom. The van der Waals surface area contributed by atoms with Gasteiger partial charge in [0.1, 0.15) is 11.5 Å². The molecule has 6 heteroatoms. The summed E-state index contributed by atoms with van der Waals surface area (Å²) in [7, 11) is 1.32. The summed E-state index contributed by atoms with van der Waals surface area (Å²) in [5.41, 5.74) is 1.30. The van der Waals surface area contributed by atoms with Gasteiger partial charge in [-0.05, 0) is 23.8 Å². The van der Waals surface area contributed by atoms with Crippen molar-refractivity contribution in [1.29, 1.82) is 0 Å². The Hall–Kier alpha value is -2.89. The van der Waals surface area contributed by atoms with Crippen molar-refractivity contribution < 1.29 is 29.2 Å². The highest BCUT2D eigenvalue weighted by atomic mass is 16.7. The van der Waals surface area contributed by atoms with E-state index in [9.17, 15) is 15.0 Å². The number of aromatic hydroxyl groups is 2. The Labute approximate surface area is 132 Å². The first-order chi connectivity index (χ1) is 11.1. The van der Waals surface area contributed by atoms with Crippen LogP contribution in [0.1, 0.15) is 23.5 Å². The van der Waals surface area contributed by atoms with E-state index in [2.05, 4.69) is 0 Å². The SMILES string of the molecule is COC(=O)C[C@H](c1ccc(O)cc1)c1cc2c(cc1O)OCO2. The standard InChI is InChI=1S/C17H16O6/c1-21-17(20)7-12(10-2-4-11(18)5-3-10)13-6-15-16(8-14(13)19)23-9-22-15/h2-6,8,12,18-19H,7,9H2,1H3/t12-/m1/s1. The molecule has 3 rings (SSSR count). The Bertz CT molecular complexity index is 723. The number of esters is 1. The third-order valence-electron chi connectivity index (χ3n) is 3.79. The fraction of sp³-hybridized carbons (Fsp3) is 0.235. The van der Waals surface area contributed by atoms with E-state index in [1.54, 1.807) is 18.2 Å². The minimum absolute atomic E-state index is 0.0104. The highest BCUT2D eigenvalue weighted by molar-refractivity contribution is 5.72. The van der Waals surface area contributed by atoms with Crippen molar-refractivity contribution >= 4 is 5.97 Å². The fourth-order valence-electron chi connectivity index (χ4n) is 2.59. The first-order valence-electron chi connectivity index (χ1n) is 7.06. The van der Waals surface area contributed by atoms with Gasteiger partial charge in [0, 0.05) is 17.5 Å². The van der Waals surface area contributed by atoms with Gasteiger partial charge in [0.2, 0.25) is 6.79 Å². The van der Waals surface area contributed by atoms with E-state index in [4.69, 9.17) is 14.2 Å². The molecule has 1 aliphatic heterocycles. The maximum Gasteiger partial charge on any atom is 0.306 e. The molecule has 120 valence electrons. The second-order valence-corrected chi connectivity index (χ2v) is 5.19. The van der Waals surface area contributed by atoms with E-state index >= 15 is 0 Å². The molecule has 2 aromatic carbocycles. The molecule has 0 saturated heterocycles. The van der Waals surface area contributed by atoms with Crippen LogP contribution in [0.25, 0.3) is 0 Å². The van der Waals surface area contributed by atoms with Crippen LogP contribution in [-0.2, 0) is 9.53 Å². The van der Waals surface area contributed by atoms with Gasteiger partial charge < -0.3 is 24.4 Å². The van der Waals surface area contributed by atoms with Crippen molar-refractivity contribution in [2.75, 3.05) is 13.9 Å². The molecule has 0 radical (unpaired) electrons. The second-order valence-electron chi connectivity index (χ2n) is 5.19. The van der Waals surface area contributed by atoms with Gasteiger partial charge in [0.15, 0.2) is 11.5 Å². The highest BCUT2D eigenvalue weighted by Gasteiger charge is 2.25. The molecule has 2 aromatic rings. The number of fused-ring (bicyclic) bond motifs is 1. The van der Waals surface area contributed by atoms with Crippen LogP contribution in [0, 0.1) is 0 Å². The molecule has 1 atom stereocenters. The second kappa shape index (κ2) is 6.08. The smallest absolute Gasteiger partial charge is 0.306 e. The maximum absolute atomic E-state index is 11.8. The van der Waals surface area contributed by atoms with Gasteiger partial charge in [0.05, 0.1) is 13.5 Å². The first kappa shape index (κ1) is 15.0. The Balaban J connectivity index is 2.04. The summed E-state index contributed by atoms with van der Waals surface area (Å²) >= 11 is 0. The average molecular weight is 316 g/mol. The van der Waals surface area contributed by atoms with Gasteiger partial charge in [-0.25, -0.2) is 0 Å². The maximum atomic E-state index is 11.8. The molecule has 0 unspecified atom stereocenters. The van der Waals surface area contributed by atoms with Gasteiger partial charge in [-0.15, -0.1) is 0 Å². The largest absolute Gasteiger partial charge is 0.508 e. The van der Waals surface area contributed by atoms with Crippen molar-refractivity contribution in [2.24, 2.45) is 0 Å². The van der Waals surface area contributed by atoms with Crippen molar-refractivity contribution in [3.05, 3.63) is 47.5 Å². The summed E-state index contributed by atoms with van der Waals surface area (Å²) in [6, 6.07) is 9.60. The topological polar surface area (TPSA) is 85.2 Å². The fourth-order valence-corrected chi connectivity index (χ4v) is 2.59. The molecule has 0 bridgehead atoms. The summed E-state index contributed by atoms with van der Waals surface area (Å²) in [6.45, 7) is 0.0963. The zero-order valence-electron chi connectivity index (χ0n) is 12.5. The van der Waals surface area contributed by atoms with Crippen LogP contribution < -0.4 is 9.47 Å². The number of methoxy groups -OCH3 is 1. The van der Waals surface area contributed by atoms with Crippen LogP contribution >= 0.6 is 0 Å². The normalized spacial score (nSPS) is 13.6. The minimum Gasteiger partial charge on any atom is -0.508 e. The number of hydrogen-bond acceptors (Lipinski definition) is 6. The summed E-state index contributed by atoms with van der Waals surface area (Å²) in [5, 5.41) is 19.8. The molecule has 0 aromatic heterocycles. The van der Waals surface area contributed by atoms with E-state index < -0.39 is 11.9 Å². The van der Waals surface area contributed by atoms with Crippen LogP contribution in [0.3, 0.4) is 0 Å². The lowest BCUT2D eigenvalue weighted by molar-refractivity contribution is -0.140. The van der Waals surface area contributed by atoms with Crippen LogP contribution in [-0.4, -0.2) is 30.1 Å². The van der Waals surface area contributed by atoms with Crippen molar-refractivity contribution in [3.8, 4) is 23.0 Å². The first-order valence-corrected chi connectivity index (χ1v) is 7.06. The van der Waals surface area contributed by atoms with E-state index in [-0.39, 0.29) is 24.7 Å². The van der Waals surface area contributed by atoms with Crippen LogP contribution in [0.4, 0.5) is 0 Å².